The summed E-state index contributed by atoms with van der Waals surface area (Å²) in [6.07, 6.45) is 0. The van der Waals surface area contributed by atoms with Crippen LogP contribution in [-0.2, 0) is 14.3 Å². The topological polar surface area (TPSA) is 69.7 Å². The first-order chi connectivity index (χ1) is 12.4. The predicted molar refractivity (Wildman–Crippen MR) is 99.5 cm³/mol. The minimum atomic E-state index is -0.561. The normalized spacial score (nSPS) is 12.0. The maximum absolute atomic E-state index is 13.1. The molecule has 0 radical (unpaired) electrons. The third kappa shape index (κ3) is 3.16. The van der Waals surface area contributed by atoms with Crippen molar-refractivity contribution in [3.8, 4) is 5.75 Å². The monoisotopic (exact) mass is 350 g/mol. The molecular weight excluding hydrogens is 332 g/mol. The minimum absolute atomic E-state index is 0.145. The Morgan fingerprint density at radius 3 is 2.38 bits per heavy atom. The Labute approximate surface area is 150 Å². The number of carbonyl (C=O) groups excluding carboxylic acids is 2. The first kappa shape index (κ1) is 17.6. The molecule has 1 unspecified atom stereocenters. The minimum Gasteiger partial charge on any atom is -0.469 e. The smallest absolute Gasteiger partial charge is 0.312 e. The van der Waals surface area contributed by atoms with Crippen LogP contribution in [0.3, 0.4) is 0 Å². The lowest BCUT2D eigenvalue weighted by molar-refractivity contribution is -0.142. The third-order valence-electron chi connectivity index (χ3n) is 4.34. The molecular formula is C21H18O5. The van der Waals surface area contributed by atoms with Crippen molar-refractivity contribution in [2.75, 3.05) is 7.11 Å². The third-order valence-corrected chi connectivity index (χ3v) is 4.34. The second kappa shape index (κ2) is 6.96. The Balaban J connectivity index is 2.41. The molecule has 0 amide bonds. The summed E-state index contributed by atoms with van der Waals surface area (Å²) in [5.41, 5.74) is 0.379. The summed E-state index contributed by atoms with van der Waals surface area (Å²) >= 11 is 0. The number of hydrogen-bond acceptors (Lipinski definition) is 5. The van der Waals surface area contributed by atoms with Gasteiger partial charge in [-0.25, -0.2) is 0 Å². The summed E-state index contributed by atoms with van der Waals surface area (Å²) in [5, 5.41) is 2.22. The van der Waals surface area contributed by atoms with Crippen LogP contribution in [0.4, 0.5) is 0 Å². The molecule has 3 rings (SSSR count). The van der Waals surface area contributed by atoms with Gasteiger partial charge in [0.2, 0.25) is 0 Å². The van der Waals surface area contributed by atoms with E-state index in [0.717, 1.165) is 5.39 Å². The Morgan fingerprint density at radius 1 is 1.00 bits per heavy atom. The van der Waals surface area contributed by atoms with Crippen LogP contribution >= 0.6 is 0 Å². The van der Waals surface area contributed by atoms with Crippen LogP contribution < -0.4 is 10.2 Å². The van der Waals surface area contributed by atoms with E-state index < -0.39 is 17.9 Å². The molecule has 132 valence electrons. The van der Waals surface area contributed by atoms with E-state index in [0.29, 0.717) is 21.7 Å². The number of methoxy groups -OCH3 is 1. The zero-order valence-electron chi connectivity index (χ0n) is 14.7. The van der Waals surface area contributed by atoms with Gasteiger partial charge in [-0.1, -0.05) is 36.4 Å². The zero-order chi connectivity index (χ0) is 18.8. The van der Waals surface area contributed by atoms with Gasteiger partial charge in [0.1, 0.15) is 5.75 Å². The largest absolute Gasteiger partial charge is 0.469 e. The van der Waals surface area contributed by atoms with Crippen molar-refractivity contribution < 1.29 is 19.1 Å². The molecule has 0 saturated heterocycles. The second-order valence-corrected chi connectivity index (χ2v) is 6.07. The first-order valence-electron chi connectivity index (χ1n) is 8.18. The van der Waals surface area contributed by atoms with Crippen LogP contribution in [0, 0.1) is 0 Å². The highest BCUT2D eigenvalue weighted by molar-refractivity contribution is 5.98. The summed E-state index contributed by atoms with van der Waals surface area (Å²) in [7, 11) is 1.31. The van der Waals surface area contributed by atoms with E-state index in [-0.39, 0.29) is 11.2 Å². The maximum Gasteiger partial charge on any atom is 0.312 e. The summed E-state index contributed by atoms with van der Waals surface area (Å²) < 4.78 is 10.1. The van der Waals surface area contributed by atoms with Crippen molar-refractivity contribution in [2.24, 2.45) is 0 Å². The summed E-state index contributed by atoms with van der Waals surface area (Å²) in [6.45, 7) is 2.97. The van der Waals surface area contributed by atoms with Crippen LogP contribution in [0.25, 0.3) is 21.5 Å². The van der Waals surface area contributed by atoms with Crippen LogP contribution in [0.1, 0.15) is 25.3 Å². The lowest BCUT2D eigenvalue weighted by Crippen LogP contribution is -2.12. The molecule has 0 aliphatic heterocycles. The van der Waals surface area contributed by atoms with Gasteiger partial charge in [0.05, 0.1) is 18.4 Å². The van der Waals surface area contributed by atoms with Crippen molar-refractivity contribution in [1.29, 1.82) is 0 Å². The highest BCUT2D eigenvalue weighted by Gasteiger charge is 2.20. The molecule has 3 aromatic rings. The molecule has 0 heterocycles. The first-order valence-corrected chi connectivity index (χ1v) is 8.18. The van der Waals surface area contributed by atoms with Crippen molar-refractivity contribution in [3.05, 3.63) is 64.3 Å². The lowest BCUT2D eigenvalue weighted by Gasteiger charge is -2.12. The van der Waals surface area contributed by atoms with E-state index >= 15 is 0 Å². The number of esters is 2. The van der Waals surface area contributed by atoms with Crippen molar-refractivity contribution >= 4 is 33.5 Å². The summed E-state index contributed by atoms with van der Waals surface area (Å²) in [4.78, 5) is 36.6. The predicted octanol–water partition coefficient (Wildman–Crippen LogP) is 3.56. The van der Waals surface area contributed by atoms with E-state index in [1.807, 2.05) is 18.2 Å². The molecule has 26 heavy (non-hydrogen) atoms. The number of rotatable bonds is 3. The van der Waals surface area contributed by atoms with E-state index in [2.05, 4.69) is 0 Å². The highest BCUT2D eigenvalue weighted by atomic mass is 16.5. The molecule has 0 spiro atoms. The average molecular weight is 350 g/mol. The number of ether oxygens (including phenoxy) is 2. The van der Waals surface area contributed by atoms with Gasteiger partial charge in [-0.3, -0.25) is 14.4 Å². The van der Waals surface area contributed by atoms with Gasteiger partial charge in [-0.15, -0.1) is 0 Å². The van der Waals surface area contributed by atoms with Crippen LogP contribution in [0.5, 0.6) is 5.75 Å². The summed E-state index contributed by atoms with van der Waals surface area (Å²) in [5.74, 6) is -1.36. The molecule has 0 saturated carbocycles. The Kier molecular flexibility index (Phi) is 4.71. The molecule has 0 N–H and O–H groups in total. The Morgan fingerprint density at radius 2 is 1.69 bits per heavy atom. The van der Waals surface area contributed by atoms with E-state index in [9.17, 15) is 14.4 Å². The van der Waals surface area contributed by atoms with Gasteiger partial charge in [0, 0.05) is 12.3 Å². The van der Waals surface area contributed by atoms with Crippen molar-refractivity contribution in [2.45, 2.75) is 19.8 Å². The molecule has 1 atom stereocenters. The molecule has 0 aliphatic rings. The van der Waals surface area contributed by atoms with Crippen LogP contribution in [0.15, 0.2) is 53.3 Å². The standard InChI is InChI=1S/C21H18O5/c1-12(21(24)25-3)16-10-15-9-8-14-6-4-5-7-17(14)20(23)19(15)18(11-16)26-13(2)22/h4-12H,1-3H3. The van der Waals surface area contributed by atoms with E-state index in [1.165, 1.54) is 14.0 Å². The molecule has 0 aromatic heterocycles. The van der Waals surface area contributed by atoms with E-state index in [4.69, 9.17) is 9.47 Å². The second-order valence-electron chi connectivity index (χ2n) is 6.07. The molecule has 0 bridgehead atoms. The van der Waals surface area contributed by atoms with Gasteiger partial charge in [-0.2, -0.15) is 0 Å². The number of benzene rings is 2. The summed E-state index contributed by atoms with van der Waals surface area (Å²) in [6, 6.07) is 14.2. The average Bonchev–Trinajstić information content (AvgIpc) is 2.77. The molecule has 0 aliphatic carbocycles. The van der Waals surface area contributed by atoms with Crippen LogP contribution in [-0.4, -0.2) is 19.0 Å². The van der Waals surface area contributed by atoms with Gasteiger partial charge in [0.25, 0.3) is 0 Å². The highest BCUT2D eigenvalue weighted by Crippen LogP contribution is 2.30. The molecule has 5 nitrogen and oxygen atoms in total. The molecule has 3 aromatic carbocycles. The van der Waals surface area contributed by atoms with Crippen molar-refractivity contribution in [1.82, 2.24) is 0 Å². The van der Waals surface area contributed by atoms with Gasteiger partial charge in [-0.05, 0) is 35.4 Å². The Hall–Kier alpha value is -3.21. The quantitative estimate of drug-likeness (QED) is 0.534. The number of fused-ring (bicyclic) bond motifs is 2. The number of carbonyl (C=O) groups is 2. The van der Waals surface area contributed by atoms with Gasteiger partial charge < -0.3 is 9.47 Å². The zero-order valence-corrected chi connectivity index (χ0v) is 14.7. The molecule has 0 fully saturated rings. The number of hydrogen-bond donors (Lipinski definition) is 0. The van der Waals surface area contributed by atoms with Gasteiger partial charge >= 0.3 is 11.9 Å². The lowest BCUT2D eigenvalue weighted by atomic mass is 9.97. The van der Waals surface area contributed by atoms with E-state index in [1.54, 1.807) is 37.3 Å². The fourth-order valence-electron chi connectivity index (χ4n) is 3.00. The van der Waals surface area contributed by atoms with Crippen molar-refractivity contribution in [3.63, 3.8) is 0 Å². The molecule has 5 heteroatoms. The van der Waals surface area contributed by atoms with Gasteiger partial charge in [0.15, 0.2) is 5.43 Å². The fourth-order valence-corrected chi connectivity index (χ4v) is 3.00. The van der Waals surface area contributed by atoms with Crippen LogP contribution in [0.2, 0.25) is 0 Å². The maximum atomic E-state index is 13.1. The SMILES string of the molecule is COC(=O)C(C)c1cc(OC(C)=O)c2c(=O)c3ccccc3ccc2c1. The Bertz CT molecular complexity index is 1080. The fraction of sp³-hybridized carbons (Fsp3) is 0.190.